The van der Waals surface area contributed by atoms with Crippen LogP contribution in [0.2, 0.25) is 0 Å². The number of carbonyl (C=O) groups is 3. The molecule has 1 aliphatic heterocycles. The van der Waals surface area contributed by atoms with Gasteiger partial charge in [-0.3, -0.25) is 19.7 Å². The van der Waals surface area contributed by atoms with E-state index in [0.29, 0.717) is 28.9 Å². The first-order valence-corrected chi connectivity index (χ1v) is 18.1. The topological polar surface area (TPSA) is 151 Å². The van der Waals surface area contributed by atoms with E-state index in [4.69, 9.17) is 9.84 Å². The highest BCUT2D eigenvalue weighted by molar-refractivity contribution is 7.98. The summed E-state index contributed by atoms with van der Waals surface area (Å²) in [5.41, 5.74) is 1.39. The van der Waals surface area contributed by atoms with Crippen molar-refractivity contribution in [2.45, 2.75) is 66.9 Å². The lowest BCUT2D eigenvalue weighted by Crippen LogP contribution is -2.50. The summed E-state index contributed by atoms with van der Waals surface area (Å²) in [6, 6.07) is 20.0. The zero-order valence-electron chi connectivity index (χ0n) is 26.2. The predicted octanol–water partition coefficient (Wildman–Crippen LogP) is 4.65. The van der Waals surface area contributed by atoms with Gasteiger partial charge in [0.15, 0.2) is 16.4 Å². The number of hydrogen-bond acceptors (Lipinski definition) is 8. The third-order valence-electron chi connectivity index (χ3n) is 8.15. The van der Waals surface area contributed by atoms with Gasteiger partial charge in [-0.05, 0) is 41.9 Å². The first-order valence-electron chi connectivity index (χ1n) is 15.3. The van der Waals surface area contributed by atoms with Gasteiger partial charge in [-0.25, -0.2) is 8.42 Å². The van der Waals surface area contributed by atoms with Gasteiger partial charge in [0.25, 0.3) is 5.91 Å². The highest BCUT2D eigenvalue weighted by Gasteiger charge is 2.42. The lowest BCUT2D eigenvalue weighted by Gasteiger charge is -2.36. The van der Waals surface area contributed by atoms with Gasteiger partial charge in [0, 0.05) is 16.5 Å². The van der Waals surface area contributed by atoms with Gasteiger partial charge in [-0.15, -0.1) is 11.8 Å². The second-order valence-corrected chi connectivity index (χ2v) is 14.1. The number of unbranched alkanes of at least 4 members (excludes halogenated alkanes) is 1. The van der Waals surface area contributed by atoms with Gasteiger partial charge in [0.05, 0.1) is 16.7 Å². The molecular formula is C34H41N3O7S2. The Morgan fingerprint density at radius 3 is 2.35 bits per heavy atom. The molecule has 0 bridgehead atoms. The Balaban J connectivity index is 1.66. The number of fused-ring (bicyclic) bond motifs is 1. The van der Waals surface area contributed by atoms with Crippen LogP contribution >= 0.6 is 11.8 Å². The number of carboxylic acids is 1. The fourth-order valence-electron chi connectivity index (χ4n) is 5.70. The van der Waals surface area contributed by atoms with Crippen molar-refractivity contribution < 1.29 is 32.6 Å². The van der Waals surface area contributed by atoms with E-state index in [1.165, 1.54) is 17.8 Å². The molecule has 246 valence electrons. The molecule has 10 nitrogen and oxygen atoms in total. The highest BCUT2D eigenvalue weighted by Crippen LogP contribution is 2.42. The average Bonchev–Trinajstić information content (AvgIpc) is 3.16. The minimum atomic E-state index is -3.79. The van der Waals surface area contributed by atoms with Crippen molar-refractivity contribution in [1.29, 1.82) is 0 Å². The molecule has 3 atom stereocenters. The molecule has 2 amide bonds. The number of carboxylic acid groups (broad SMARTS) is 1. The van der Waals surface area contributed by atoms with Gasteiger partial charge in [-0.1, -0.05) is 87.4 Å². The van der Waals surface area contributed by atoms with Crippen molar-refractivity contribution in [3.05, 3.63) is 89.5 Å². The summed E-state index contributed by atoms with van der Waals surface area (Å²) in [5, 5.41) is 17.7. The maximum absolute atomic E-state index is 14.1. The van der Waals surface area contributed by atoms with E-state index in [0.717, 1.165) is 18.4 Å². The molecule has 0 spiro atoms. The molecule has 4 N–H and O–H groups in total. The third kappa shape index (κ3) is 8.48. The predicted molar refractivity (Wildman–Crippen MR) is 178 cm³/mol. The molecule has 1 aliphatic rings. The molecule has 46 heavy (non-hydrogen) atoms. The maximum Gasteiger partial charge on any atom is 0.322 e. The Labute approximate surface area is 274 Å². The third-order valence-corrected chi connectivity index (χ3v) is 10.9. The summed E-state index contributed by atoms with van der Waals surface area (Å²) in [5.74, 6) is -2.39. The van der Waals surface area contributed by atoms with Crippen molar-refractivity contribution >= 4 is 39.4 Å². The first-order chi connectivity index (χ1) is 22.0. The summed E-state index contributed by atoms with van der Waals surface area (Å²) < 4.78 is 34.2. The minimum Gasteiger partial charge on any atom is -0.483 e. The molecule has 0 aliphatic carbocycles. The van der Waals surface area contributed by atoms with Crippen LogP contribution in [0.5, 0.6) is 5.75 Å². The van der Waals surface area contributed by atoms with Crippen molar-refractivity contribution in [1.82, 2.24) is 16.0 Å². The summed E-state index contributed by atoms with van der Waals surface area (Å²) in [6.07, 6.45) is 5.01. The first kappa shape index (κ1) is 35.0. The number of aliphatic carboxylic acids is 1. The number of sulfone groups is 1. The van der Waals surface area contributed by atoms with E-state index in [-0.39, 0.29) is 22.4 Å². The number of rotatable bonds is 14. The lowest BCUT2D eigenvalue weighted by molar-refractivity contribution is -0.138. The SMILES string of the molecule is CCCCC1(CC)CS(=O)(=O)c2cc(OCC(=O)N[C@@H](C(=O)NCC(=O)O)c3ccccc3)c(SC)cc2C(c2ccccc2)N1. The summed E-state index contributed by atoms with van der Waals surface area (Å²) in [6.45, 7) is 3.00. The fourth-order valence-corrected chi connectivity index (χ4v) is 8.40. The van der Waals surface area contributed by atoms with Gasteiger partial charge < -0.3 is 20.5 Å². The van der Waals surface area contributed by atoms with Crippen LogP contribution in [0.15, 0.2) is 82.6 Å². The Morgan fingerprint density at radius 2 is 1.74 bits per heavy atom. The van der Waals surface area contributed by atoms with Crippen LogP contribution in [0.3, 0.4) is 0 Å². The number of amides is 2. The van der Waals surface area contributed by atoms with Crippen LogP contribution < -0.4 is 20.7 Å². The molecule has 1 heterocycles. The summed E-state index contributed by atoms with van der Waals surface area (Å²) in [7, 11) is -3.79. The van der Waals surface area contributed by atoms with Crippen LogP contribution in [-0.2, 0) is 24.2 Å². The number of carbonyl (C=O) groups excluding carboxylic acids is 2. The zero-order valence-corrected chi connectivity index (χ0v) is 27.9. The van der Waals surface area contributed by atoms with Gasteiger partial charge in [0.1, 0.15) is 18.3 Å². The van der Waals surface area contributed by atoms with E-state index in [1.54, 1.807) is 30.3 Å². The molecule has 0 saturated carbocycles. The second-order valence-electron chi connectivity index (χ2n) is 11.3. The van der Waals surface area contributed by atoms with Gasteiger partial charge in [0.2, 0.25) is 5.91 Å². The Bertz CT molecular complexity index is 1640. The maximum atomic E-state index is 14.1. The van der Waals surface area contributed by atoms with Crippen LogP contribution in [-0.4, -0.2) is 62.0 Å². The van der Waals surface area contributed by atoms with E-state index in [9.17, 15) is 22.8 Å². The molecule has 3 aromatic rings. The standard InChI is InChI=1S/C34H41N3O7S2/c1-4-6-17-34(5-2)22-46(42,43)28-19-26(27(45-3)18-25(28)31(37-34)23-13-9-7-10-14-23)44-21-29(38)36-32(24-15-11-8-12-16-24)33(41)35-20-30(39)40/h7-16,18-19,31-32,37H,4-6,17,20-22H2,1-3H3,(H,35,41)(H,36,38)(H,39,40)/t31?,32-,34?/m1/s1. The van der Waals surface area contributed by atoms with Crippen LogP contribution in [0.25, 0.3) is 0 Å². The average molecular weight is 668 g/mol. The number of ether oxygens (including phenoxy) is 1. The lowest BCUT2D eigenvalue weighted by atomic mass is 9.88. The number of benzene rings is 3. The summed E-state index contributed by atoms with van der Waals surface area (Å²) in [4.78, 5) is 37.7. The number of thioether (sulfide) groups is 1. The van der Waals surface area contributed by atoms with Crippen molar-refractivity contribution in [2.75, 3.05) is 25.2 Å². The smallest absolute Gasteiger partial charge is 0.322 e. The van der Waals surface area contributed by atoms with E-state index in [2.05, 4.69) is 22.9 Å². The Kier molecular flexibility index (Phi) is 11.9. The highest BCUT2D eigenvalue weighted by atomic mass is 32.2. The molecule has 0 aromatic heterocycles. The van der Waals surface area contributed by atoms with E-state index < -0.39 is 52.4 Å². The molecular weight excluding hydrogens is 627 g/mol. The molecule has 0 saturated heterocycles. The largest absolute Gasteiger partial charge is 0.483 e. The summed E-state index contributed by atoms with van der Waals surface area (Å²) >= 11 is 1.37. The molecule has 3 aromatic carbocycles. The minimum absolute atomic E-state index is 0.0738. The van der Waals surface area contributed by atoms with Crippen LogP contribution in [0.4, 0.5) is 0 Å². The molecule has 12 heteroatoms. The van der Waals surface area contributed by atoms with Crippen LogP contribution in [0, 0.1) is 0 Å². The molecule has 0 fully saturated rings. The van der Waals surface area contributed by atoms with Crippen LogP contribution in [0.1, 0.15) is 68.3 Å². The monoisotopic (exact) mass is 667 g/mol. The molecule has 4 rings (SSSR count). The fraction of sp³-hybridized carbons (Fsp3) is 0.382. The molecule has 2 unspecified atom stereocenters. The van der Waals surface area contributed by atoms with Gasteiger partial charge >= 0.3 is 5.97 Å². The molecule has 0 radical (unpaired) electrons. The van der Waals surface area contributed by atoms with Crippen molar-refractivity contribution in [2.24, 2.45) is 0 Å². The second kappa shape index (κ2) is 15.6. The Morgan fingerprint density at radius 1 is 1.07 bits per heavy atom. The quantitative estimate of drug-likeness (QED) is 0.180. The number of nitrogens with one attached hydrogen (secondary N) is 3. The normalized spacial score (nSPS) is 19.2. The van der Waals surface area contributed by atoms with E-state index in [1.807, 2.05) is 49.6 Å². The zero-order chi connectivity index (χ0) is 33.3. The van der Waals surface area contributed by atoms with Crippen molar-refractivity contribution in [3.8, 4) is 5.75 Å². The Hall–Kier alpha value is -3.87. The number of hydrogen-bond donors (Lipinski definition) is 4. The van der Waals surface area contributed by atoms with E-state index >= 15 is 0 Å². The van der Waals surface area contributed by atoms with Crippen molar-refractivity contribution in [3.63, 3.8) is 0 Å². The van der Waals surface area contributed by atoms with Gasteiger partial charge in [-0.2, -0.15) is 0 Å².